The second-order valence-electron chi connectivity index (χ2n) is 8.08. The fourth-order valence-electron chi connectivity index (χ4n) is 3.37. The maximum absolute atomic E-state index is 13.2. The summed E-state index contributed by atoms with van der Waals surface area (Å²) >= 11 is 0. The molecule has 1 aliphatic heterocycles. The Morgan fingerprint density at radius 3 is 2.66 bits per heavy atom. The zero-order chi connectivity index (χ0) is 23.6. The molecule has 1 aliphatic rings. The zero-order valence-corrected chi connectivity index (χ0v) is 19.9. The summed E-state index contributed by atoms with van der Waals surface area (Å²) in [6.45, 7) is 8.55. The molecule has 2 aromatic heterocycles. The molecule has 3 N–H and O–H groups in total. The van der Waals surface area contributed by atoms with Crippen LogP contribution in [0.1, 0.15) is 50.8 Å². The Morgan fingerprint density at radius 2 is 2.06 bits per heavy atom. The predicted molar refractivity (Wildman–Crippen MR) is 120 cm³/mol. The van der Waals surface area contributed by atoms with Crippen LogP contribution in [0.25, 0.3) is 0 Å². The zero-order valence-electron chi connectivity index (χ0n) is 19.1. The fraction of sp³-hybridized carbons (Fsp3) is 0.550. The van der Waals surface area contributed by atoms with E-state index in [2.05, 4.69) is 19.8 Å². The molecular formula is C20H30N6O5S. The van der Waals surface area contributed by atoms with Crippen LogP contribution in [0.15, 0.2) is 21.5 Å². The Labute approximate surface area is 187 Å². The molecule has 0 radical (unpaired) electrons. The smallest absolute Gasteiger partial charge is 0.354 e. The van der Waals surface area contributed by atoms with Crippen LogP contribution in [0.5, 0.6) is 11.8 Å². The highest BCUT2D eigenvalue weighted by atomic mass is 32.2. The van der Waals surface area contributed by atoms with E-state index in [1.165, 1.54) is 18.0 Å². The summed E-state index contributed by atoms with van der Waals surface area (Å²) in [5.41, 5.74) is 1.97. The van der Waals surface area contributed by atoms with E-state index in [9.17, 15) is 9.00 Å². The number of aromatic nitrogens is 3. The molecule has 2 aromatic rings. The van der Waals surface area contributed by atoms with Gasteiger partial charge in [0.15, 0.2) is 9.92 Å². The molecule has 0 fully saturated rings. The molecule has 0 spiro atoms. The van der Waals surface area contributed by atoms with E-state index in [0.29, 0.717) is 23.8 Å². The quantitative estimate of drug-likeness (QED) is 0.666. The Hall–Kier alpha value is -2.70. The number of hydrogen-bond acceptors (Lipinski definition) is 7. The summed E-state index contributed by atoms with van der Waals surface area (Å²) in [5, 5.41) is 12.8. The molecule has 3 heterocycles. The van der Waals surface area contributed by atoms with Gasteiger partial charge in [-0.25, -0.2) is 23.8 Å². The van der Waals surface area contributed by atoms with Crippen LogP contribution in [0.2, 0.25) is 0 Å². The summed E-state index contributed by atoms with van der Waals surface area (Å²) < 4.78 is 34.6. The number of urea groups is 1. The average Bonchev–Trinajstić information content (AvgIpc) is 3.17. The molecule has 0 bridgehead atoms. The van der Waals surface area contributed by atoms with E-state index in [1.807, 2.05) is 27.7 Å². The van der Waals surface area contributed by atoms with Gasteiger partial charge in [0.05, 0.1) is 31.2 Å². The number of rotatable bonds is 6. The summed E-state index contributed by atoms with van der Waals surface area (Å²) in [4.78, 5) is 17.3. The molecular weight excluding hydrogens is 436 g/mol. The van der Waals surface area contributed by atoms with Gasteiger partial charge in [-0.1, -0.05) is 27.7 Å². The van der Waals surface area contributed by atoms with Crippen molar-refractivity contribution in [3.63, 3.8) is 0 Å². The van der Waals surface area contributed by atoms with Crippen molar-refractivity contribution in [3.8, 4) is 11.8 Å². The van der Waals surface area contributed by atoms with Crippen molar-refractivity contribution in [2.24, 2.45) is 9.50 Å². The van der Waals surface area contributed by atoms with Gasteiger partial charge >= 0.3 is 6.03 Å². The molecule has 2 amide bonds. The largest absolute Gasteiger partial charge is 0.481 e. The normalized spacial score (nSPS) is 17.5. The van der Waals surface area contributed by atoms with E-state index in [4.69, 9.17) is 19.3 Å². The number of anilines is 1. The molecule has 0 saturated heterocycles. The van der Waals surface area contributed by atoms with E-state index in [0.717, 1.165) is 5.56 Å². The minimum atomic E-state index is -3.61. The summed E-state index contributed by atoms with van der Waals surface area (Å²) in [7, 11) is -0.504. The number of amides is 2. The van der Waals surface area contributed by atoms with Crippen LogP contribution >= 0.6 is 0 Å². The first-order valence-electron chi connectivity index (χ1n) is 10.2. The summed E-state index contributed by atoms with van der Waals surface area (Å²) in [6.07, 6.45) is 1.12. The van der Waals surface area contributed by atoms with Gasteiger partial charge in [-0.3, -0.25) is 0 Å². The van der Waals surface area contributed by atoms with Gasteiger partial charge in [-0.15, -0.1) is 4.36 Å². The van der Waals surface area contributed by atoms with Gasteiger partial charge in [0.1, 0.15) is 17.6 Å². The fourth-order valence-corrected chi connectivity index (χ4v) is 4.37. The van der Waals surface area contributed by atoms with Crippen LogP contribution in [-0.4, -0.2) is 51.9 Å². The molecule has 0 aliphatic carbocycles. The third-order valence-electron chi connectivity index (χ3n) is 5.07. The number of ether oxygens (including phenoxy) is 3. The van der Waals surface area contributed by atoms with E-state index in [1.54, 1.807) is 13.2 Å². The lowest BCUT2D eigenvalue weighted by molar-refractivity contribution is 0.0165. The van der Waals surface area contributed by atoms with Crippen LogP contribution in [0, 0.1) is 0 Å². The number of carbonyl (C=O) groups excluding carboxylic acids is 1. The van der Waals surface area contributed by atoms with Crippen molar-refractivity contribution in [1.82, 2.24) is 14.8 Å². The van der Waals surface area contributed by atoms with E-state index in [-0.39, 0.29) is 35.3 Å². The lowest BCUT2D eigenvalue weighted by Crippen LogP contribution is -2.32. The predicted octanol–water partition coefficient (Wildman–Crippen LogP) is 2.87. The molecule has 11 nitrogen and oxygen atoms in total. The highest BCUT2D eigenvalue weighted by Gasteiger charge is 2.28. The van der Waals surface area contributed by atoms with E-state index < -0.39 is 15.9 Å². The molecule has 0 saturated carbocycles. The number of pyridine rings is 1. The van der Waals surface area contributed by atoms with Crippen molar-refractivity contribution in [1.29, 1.82) is 0 Å². The SMILES string of the molecule is COc1cc(C(C)C)c(NC(=O)N=[S@](N)(=O)c2cnn3c2OC[C@@H](OC)C3)c(C(C)C)n1. The summed E-state index contributed by atoms with van der Waals surface area (Å²) in [5.74, 6) is 0.726. The molecule has 2 atom stereocenters. The van der Waals surface area contributed by atoms with Gasteiger partial charge in [-0.2, -0.15) is 5.10 Å². The van der Waals surface area contributed by atoms with Crippen molar-refractivity contribution in [2.45, 2.75) is 57.1 Å². The second kappa shape index (κ2) is 9.43. The Morgan fingerprint density at radius 1 is 1.34 bits per heavy atom. The minimum Gasteiger partial charge on any atom is -0.481 e. The van der Waals surface area contributed by atoms with Crippen LogP contribution in [0.4, 0.5) is 10.5 Å². The lowest BCUT2D eigenvalue weighted by atomic mass is 9.97. The Bertz CT molecular complexity index is 1090. The monoisotopic (exact) mass is 466 g/mol. The lowest BCUT2D eigenvalue weighted by Gasteiger charge is -2.23. The Kier molecular flexibility index (Phi) is 7.06. The Balaban J connectivity index is 1.96. The van der Waals surface area contributed by atoms with Gasteiger partial charge in [0.2, 0.25) is 11.8 Å². The third-order valence-corrected chi connectivity index (χ3v) is 6.42. The molecule has 3 rings (SSSR count). The number of nitrogens with one attached hydrogen (secondary N) is 1. The van der Waals surface area contributed by atoms with E-state index >= 15 is 0 Å². The van der Waals surface area contributed by atoms with Crippen LogP contribution in [-0.2, 0) is 21.2 Å². The average molecular weight is 467 g/mol. The molecule has 0 aromatic carbocycles. The summed E-state index contributed by atoms with van der Waals surface area (Å²) in [6, 6.07) is 0.916. The van der Waals surface area contributed by atoms with Crippen molar-refractivity contribution in [3.05, 3.63) is 23.5 Å². The number of fused-ring (bicyclic) bond motifs is 1. The molecule has 0 unspecified atom stereocenters. The maximum Gasteiger partial charge on any atom is 0.354 e. The van der Waals surface area contributed by atoms with Crippen molar-refractivity contribution in [2.75, 3.05) is 26.1 Å². The van der Waals surface area contributed by atoms with Crippen molar-refractivity contribution < 1.29 is 23.2 Å². The number of nitrogens with zero attached hydrogens (tertiary/aromatic N) is 4. The number of hydrogen-bond donors (Lipinski definition) is 2. The third kappa shape index (κ3) is 4.87. The first-order chi connectivity index (χ1) is 15.1. The number of methoxy groups -OCH3 is 2. The van der Waals surface area contributed by atoms with Crippen LogP contribution < -0.4 is 19.9 Å². The van der Waals surface area contributed by atoms with Gasteiger partial charge in [-0.05, 0) is 17.4 Å². The first-order valence-corrected chi connectivity index (χ1v) is 11.8. The second-order valence-corrected chi connectivity index (χ2v) is 9.84. The van der Waals surface area contributed by atoms with Crippen LogP contribution in [0.3, 0.4) is 0 Å². The van der Waals surface area contributed by atoms with Gasteiger partial charge in [0.25, 0.3) is 0 Å². The highest BCUT2D eigenvalue weighted by Crippen LogP contribution is 2.34. The maximum atomic E-state index is 13.2. The van der Waals surface area contributed by atoms with Gasteiger partial charge in [0, 0.05) is 13.2 Å². The standard InChI is InChI=1S/C20H30N6O5S/c1-11(2)14-7-16(30-6)23-17(12(3)4)18(14)24-20(27)25-32(21,28)15-8-22-26-9-13(29-5)10-31-19(15)26/h7-8,11-13H,9-10H2,1-6H3,(H3,21,24,25,27,28)/t13-,32-/m0/s1. The topological polar surface area (TPSA) is 143 Å². The number of carbonyl (C=O) groups is 1. The van der Waals surface area contributed by atoms with Crippen molar-refractivity contribution >= 4 is 21.6 Å². The first kappa shape index (κ1) is 24.0. The highest BCUT2D eigenvalue weighted by molar-refractivity contribution is 7.91. The molecule has 32 heavy (non-hydrogen) atoms. The number of nitrogens with two attached hydrogens (primary N) is 1. The molecule has 176 valence electrons. The molecule has 12 heteroatoms. The van der Waals surface area contributed by atoms with Gasteiger partial charge < -0.3 is 19.5 Å². The minimum absolute atomic E-state index is 0.00930.